The Morgan fingerprint density at radius 3 is 2.14 bits per heavy atom. The quantitative estimate of drug-likeness (QED) is 0.699. The molecule has 2 N–H and O–H groups in total. The Morgan fingerprint density at radius 1 is 1.14 bits per heavy atom. The summed E-state index contributed by atoms with van der Waals surface area (Å²) < 4.78 is 34.9. The van der Waals surface area contributed by atoms with E-state index in [4.69, 9.17) is 4.74 Å². The number of hydrogen-bond acceptors (Lipinski definition) is 4. The van der Waals surface area contributed by atoms with Gasteiger partial charge in [0.25, 0.3) is 5.91 Å². The van der Waals surface area contributed by atoms with Gasteiger partial charge in [0.15, 0.2) is 0 Å². The molecule has 1 aliphatic rings. The number of rotatable bonds is 7. The maximum absolute atomic E-state index is 12.9. The first-order chi connectivity index (χ1) is 13.3. The molecule has 1 unspecified atom stereocenters. The molecule has 1 aliphatic carbocycles. The topological polar surface area (TPSA) is 76.7 Å². The number of alkyl carbamates (subject to hydrolysis) is 1. The number of carbonyl (C=O) groups excluding carboxylic acids is 2. The van der Waals surface area contributed by atoms with Crippen LogP contribution < -0.4 is 15.4 Å². The van der Waals surface area contributed by atoms with Gasteiger partial charge in [-0.2, -0.15) is 8.78 Å². The van der Waals surface area contributed by atoms with Crippen molar-refractivity contribution in [3.63, 3.8) is 0 Å². The van der Waals surface area contributed by atoms with Crippen LogP contribution in [0.4, 0.5) is 13.6 Å². The second kappa shape index (κ2) is 8.55. The van der Waals surface area contributed by atoms with E-state index >= 15 is 0 Å². The Morgan fingerprint density at radius 2 is 1.69 bits per heavy atom. The Labute approximate surface area is 170 Å². The molecule has 1 aromatic rings. The van der Waals surface area contributed by atoms with Crippen LogP contribution in [-0.4, -0.2) is 36.3 Å². The largest absolute Gasteiger partial charge is 0.444 e. The molecule has 1 fully saturated rings. The van der Waals surface area contributed by atoms with Gasteiger partial charge in [-0.15, -0.1) is 0 Å². The molecule has 2 rings (SSSR count). The van der Waals surface area contributed by atoms with Crippen molar-refractivity contribution in [1.29, 1.82) is 0 Å². The molecular weight excluding hydrogens is 382 g/mol. The average Bonchev–Trinajstić information content (AvgIpc) is 3.40. The van der Waals surface area contributed by atoms with Gasteiger partial charge in [0.2, 0.25) is 0 Å². The van der Waals surface area contributed by atoms with Crippen molar-refractivity contribution in [1.82, 2.24) is 10.6 Å². The predicted octanol–water partition coefficient (Wildman–Crippen LogP) is 4.33. The normalized spacial score (nSPS) is 16.2. The van der Waals surface area contributed by atoms with E-state index in [0.717, 1.165) is 12.8 Å². The van der Waals surface area contributed by atoms with Gasteiger partial charge in [-0.25, -0.2) is 4.79 Å². The van der Waals surface area contributed by atoms with Crippen molar-refractivity contribution in [2.24, 2.45) is 5.92 Å². The molecule has 0 aromatic heterocycles. The summed E-state index contributed by atoms with van der Waals surface area (Å²) in [6.07, 6.45) is 1.36. The number of amides is 2. The Bertz CT molecular complexity index is 749. The number of aryl methyl sites for hydroxylation is 2. The molecule has 0 radical (unpaired) electrons. The summed E-state index contributed by atoms with van der Waals surface area (Å²) in [6.45, 7) is 7.75. The minimum atomic E-state index is -2.93. The zero-order chi connectivity index (χ0) is 22.0. The van der Waals surface area contributed by atoms with E-state index in [1.165, 1.54) is 12.1 Å². The molecule has 0 spiro atoms. The van der Waals surface area contributed by atoms with Gasteiger partial charge >= 0.3 is 12.7 Å². The Kier molecular flexibility index (Phi) is 6.75. The van der Waals surface area contributed by atoms with Crippen molar-refractivity contribution >= 4 is 12.0 Å². The van der Waals surface area contributed by atoms with Crippen LogP contribution in [0.3, 0.4) is 0 Å². The number of ether oxygens (including phenoxy) is 2. The summed E-state index contributed by atoms with van der Waals surface area (Å²) in [4.78, 5) is 24.9. The first-order valence-corrected chi connectivity index (χ1v) is 9.66. The zero-order valence-corrected chi connectivity index (χ0v) is 17.8. The van der Waals surface area contributed by atoms with E-state index in [2.05, 4.69) is 15.4 Å². The van der Waals surface area contributed by atoms with Crippen molar-refractivity contribution < 1.29 is 27.8 Å². The molecule has 0 heterocycles. The third-order valence-corrected chi connectivity index (χ3v) is 4.81. The molecule has 1 atom stereocenters. The minimum Gasteiger partial charge on any atom is -0.444 e. The van der Waals surface area contributed by atoms with Crippen LogP contribution in [0, 0.1) is 19.8 Å². The highest BCUT2D eigenvalue weighted by Gasteiger charge is 2.43. The summed E-state index contributed by atoms with van der Waals surface area (Å²) in [7, 11) is 0. The summed E-state index contributed by atoms with van der Waals surface area (Å²) in [5.41, 5.74) is 0.00520. The van der Waals surface area contributed by atoms with Crippen LogP contribution in [0.2, 0.25) is 0 Å². The summed E-state index contributed by atoms with van der Waals surface area (Å²) >= 11 is 0. The van der Waals surface area contributed by atoms with E-state index in [1.807, 2.05) is 6.92 Å². The highest BCUT2D eigenvalue weighted by atomic mass is 19.3. The van der Waals surface area contributed by atoms with Gasteiger partial charge < -0.3 is 20.1 Å². The van der Waals surface area contributed by atoms with Crippen molar-refractivity contribution in [3.05, 3.63) is 28.8 Å². The number of halogens is 2. The zero-order valence-electron chi connectivity index (χ0n) is 17.8. The van der Waals surface area contributed by atoms with Gasteiger partial charge in [0.05, 0.1) is 5.54 Å². The number of nitrogens with one attached hydrogen (secondary N) is 2. The van der Waals surface area contributed by atoms with Crippen LogP contribution in [0.5, 0.6) is 5.75 Å². The van der Waals surface area contributed by atoms with Crippen molar-refractivity contribution in [2.75, 3.05) is 6.54 Å². The average molecular weight is 412 g/mol. The molecule has 0 aliphatic heterocycles. The second-order valence-corrected chi connectivity index (χ2v) is 8.82. The van der Waals surface area contributed by atoms with Gasteiger partial charge in [-0.05, 0) is 83.6 Å². The van der Waals surface area contributed by atoms with E-state index in [0.29, 0.717) is 16.7 Å². The molecule has 1 aromatic carbocycles. The van der Waals surface area contributed by atoms with Crippen LogP contribution >= 0.6 is 0 Å². The smallest absolute Gasteiger partial charge is 0.407 e. The Hall–Kier alpha value is -2.38. The first-order valence-electron chi connectivity index (χ1n) is 9.66. The van der Waals surface area contributed by atoms with Crippen LogP contribution in [-0.2, 0) is 4.74 Å². The molecule has 2 amide bonds. The standard InChI is InChI=1S/C21H30F2N2O4/c1-12-9-14(10-13(2)16(12)28-18(22)23)17(26)25-21(6,15-7-8-15)11-24-19(27)29-20(3,4)5/h9-10,15,18H,7-8,11H2,1-6H3,(H,24,27)(H,25,26). The molecule has 29 heavy (non-hydrogen) atoms. The molecule has 6 nitrogen and oxygen atoms in total. The Balaban J connectivity index is 2.10. The minimum absolute atomic E-state index is 0.0769. The van der Waals surface area contributed by atoms with Crippen LogP contribution in [0.15, 0.2) is 12.1 Å². The van der Waals surface area contributed by atoms with Gasteiger partial charge in [-0.1, -0.05) is 0 Å². The van der Waals surface area contributed by atoms with Crippen molar-refractivity contribution in [3.8, 4) is 5.75 Å². The molecular formula is C21H30F2N2O4. The highest BCUT2D eigenvalue weighted by molar-refractivity contribution is 5.95. The van der Waals surface area contributed by atoms with Crippen LogP contribution in [0.1, 0.15) is 62.0 Å². The number of alkyl halides is 2. The highest BCUT2D eigenvalue weighted by Crippen LogP contribution is 2.39. The molecule has 162 valence electrons. The molecule has 0 bridgehead atoms. The first kappa shape index (κ1) is 22.9. The van der Waals surface area contributed by atoms with E-state index in [9.17, 15) is 18.4 Å². The SMILES string of the molecule is Cc1cc(C(=O)NC(C)(CNC(=O)OC(C)(C)C)C2CC2)cc(C)c1OC(F)F. The molecule has 8 heteroatoms. The maximum Gasteiger partial charge on any atom is 0.407 e. The number of benzene rings is 1. The fourth-order valence-corrected chi connectivity index (χ4v) is 3.27. The number of hydrogen-bond donors (Lipinski definition) is 2. The third-order valence-electron chi connectivity index (χ3n) is 4.81. The van der Waals surface area contributed by atoms with E-state index in [-0.39, 0.29) is 24.1 Å². The summed E-state index contributed by atoms with van der Waals surface area (Å²) in [6, 6.07) is 3.04. The monoisotopic (exact) mass is 412 g/mol. The van der Waals surface area contributed by atoms with E-state index < -0.39 is 23.8 Å². The van der Waals surface area contributed by atoms with Gasteiger partial charge in [-0.3, -0.25) is 4.79 Å². The maximum atomic E-state index is 12.9. The lowest BCUT2D eigenvalue weighted by Gasteiger charge is -2.32. The lowest BCUT2D eigenvalue weighted by atomic mass is 9.94. The second-order valence-electron chi connectivity index (χ2n) is 8.82. The van der Waals surface area contributed by atoms with Crippen molar-refractivity contribution in [2.45, 2.75) is 72.1 Å². The van der Waals surface area contributed by atoms with Crippen LogP contribution in [0.25, 0.3) is 0 Å². The molecule has 0 saturated heterocycles. The number of carbonyl (C=O) groups is 2. The third kappa shape index (κ3) is 6.58. The lowest BCUT2D eigenvalue weighted by Crippen LogP contribution is -2.55. The fourth-order valence-electron chi connectivity index (χ4n) is 3.27. The van der Waals surface area contributed by atoms with E-state index in [1.54, 1.807) is 34.6 Å². The van der Waals surface area contributed by atoms with Gasteiger partial charge in [0.1, 0.15) is 11.4 Å². The summed E-state index contributed by atoms with van der Waals surface area (Å²) in [5, 5.41) is 5.74. The fraction of sp³-hybridized carbons (Fsp3) is 0.619. The molecule has 1 saturated carbocycles. The van der Waals surface area contributed by atoms with Gasteiger partial charge in [0, 0.05) is 12.1 Å². The lowest BCUT2D eigenvalue weighted by molar-refractivity contribution is -0.0507. The summed E-state index contributed by atoms with van der Waals surface area (Å²) in [5.74, 6) is -0.0155. The predicted molar refractivity (Wildman–Crippen MR) is 105 cm³/mol.